The van der Waals surface area contributed by atoms with Crippen LogP contribution in [0.2, 0.25) is 5.02 Å². The third kappa shape index (κ3) is 2.60. The number of hydrogen-bond donors (Lipinski definition) is 1. The molecule has 2 heterocycles. The normalized spacial score (nSPS) is 10.0. The number of aryl methyl sites for hydroxylation is 1. The van der Waals surface area contributed by atoms with Gasteiger partial charge in [0.1, 0.15) is 0 Å². The van der Waals surface area contributed by atoms with Crippen molar-refractivity contribution in [3.8, 4) is 0 Å². The lowest BCUT2D eigenvalue weighted by molar-refractivity contribution is 0.102. The Hall–Kier alpha value is -1.94. The molecule has 1 N–H and O–H groups in total. The third-order valence-corrected chi connectivity index (χ3v) is 2.63. The van der Waals surface area contributed by atoms with Crippen molar-refractivity contribution in [3.05, 3.63) is 53.1 Å². The van der Waals surface area contributed by atoms with Gasteiger partial charge in [0, 0.05) is 18.6 Å². The van der Waals surface area contributed by atoms with Gasteiger partial charge in [0.25, 0.3) is 5.91 Å². The molecule has 2 aromatic rings. The summed E-state index contributed by atoms with van der Waals surface area (Å²) in [5, 5.41) is 3.12. The molecule has 0 aromatic carbocycles. The molecule has 1 amide bonds. The number of hydrogen-bond acceptors (Lipinski definition) is 3. The molecular formula is C12H10ClN3O. The van der Waals surface area contributed by atoms with Gasteiger partial charge in [-0.1, -0.05) is 11.6 Å². The van der Waals surface area contributed by atoms with Crippen molar-refractivity contribution in [3.63, 3.8) is 0 Å². The zero-order chi connectivity index (χ0) is 12.3. The zero-order valence-corrected chi connectivity index (χ0v) is 9.90. The predicted octanol–water partition coefficient (Wildman–Crippen LogP) is 2.69. The van der Waals surface area contributed by atoms with Crippen LogP contribution >= 0.6 is 11.6 Å². The Bertz CT molecular complexity index is 557. The maximum Gasteiger partial charge on any atom is 0.258 e. The number of nitrogens with zero attached hydrogens (tertiary/aromatic N) is 2. The minimum absolute atomic E-state index is 0.292. The summed E-state index contributed by atoms with van der Waals surface area (Å²) >= 11 is 5.91. The van der Waals surface area contributed by atoms with Gasteiger partial charge in [-0.05, 0) is 24.6 Å². The lowest BCUT2D eigenvalue weighted by Gasteiger charge is -2.07. The van der Waals surface area contributed by atoms with Crippen LogP contribution in [0.15, 0.2) is 36.9 Å². The Labute approximate surface area is 104 Å². The number of anilines is 1. The molecule has 0 fully saturated rings. The number of nitrogens with one attached hydrogen (secondary N) is 1. The summed E-state index contributed by atoms with van der Waals surface area (Å²) in [6, 6.07) is 3.40. The first-order valence-corrected chi connectivity index (χ1v) is 5.38. The fourth-order valence-electron chi connectivity index (χ4n) is 1.33. The Morgan fingerprint density at radius 3 is 2.65 bits per heavy atom. The summed E-state index contributed by atoms with van der Waals surface area (Å²) in [6.45, 7) is 1.89. The van der Waals surface area contributed by atoms with Gasteiger partial charge in [0.2, 0.25) is 0 Å². The zero-order valence-electron chi connectivity index (χ0n) is 9.14. The van der Waals surface area contributed by atoms with Crippen LogP contribution in [0.25, 0.3) is 0 Å². The summed E-state index contributed by atoms with van der Waals surface area (Å²) in [4.78, 5) is 19.7. The average Bonchev–Trinajstić information content (AvgIpc) is 2.32. The highest BCUT2D eigenvalue weighted by molar-refractivity contribution is 6.34. The van der Waals surface area contributed by atoms with Gasteiger partial charge < -0.3 is 5.32 Å². The fourth-order valence-corrected chi connectivity index (χ4v) is 1.52. The van der Waals surface area contributed by atoms with Crippen molar-refractivity contribution in [2.24, 2.45) is 0 Å². The standard InChI is InChI=1S/C12H10ClN3O/c1-8-2-4-15-7-11(8)16-12(17)9-6-14-5-3-10(9)13/h2-7H,1H3,(H,16,17). The molecule has 0 atom stereocenters. The van der Waals surface area contributed by atoms with Crippen LogP contribution in [0.4, 0.5) is 5.69 Å². The molecule has 2 rings (SSSR count). The minimum atomic E-state index is -0.292. The summed E-state index contributed by atoms with van der Waals surface area (Å²) in [7, 11) is 0. The van der Waals surface area contributed by atoms with E-state index in [0.717, 1.165) is 5.56 Å². The number of carbonyl (C=O) groups excluding carboxylic acids is 1. The van der Waals surface area contributed by atoms with E-state index < -0.39 is 0 Å². The van der Waals surface area contributed by atoms with E-state index >= 15 is 0 Å². The number of aromatic nitrogens is 2. The SMILES string of the molecule is Cc1ccncc1NC(=O)c1cnccc1Cl. The molecule has 17 heavy (non-hydrogen) atoms. The van der Waals surface area contributed by atoms with Crippen LogP contribution in [0, 0.1) is 6.92 Å². The van der Waals surface area contributed by atoms with E-state index in [4.69, 9.17) is 11.6 Å². The highest BCUT2D eigenvalue weighted by Gasteiger charge is 2.11. The van der Waals surface area contributed by atoms with E-state index in [1.807, 2.05) is 13.0 Å². The molecule has 0 aliphatic rings. The highest BCUT2D eigenvalue weighted by atomic mass is 35.5. The number of carbonyl (C=O) groups is 1. The molecule has 0 radical (unpaired) electrons. The number of pyridine rings is 2. The van der Waals surface area contributed by atoms with E-state index in [1.165, 1.54) is 12.4 Å². The van der Waals surface area contributed by atoms with E-state index in [-0.39, 0.29) is 5.91 Å². The Kier molecular flexibility index (Phi) is 3.35. The van der Waals surface area contributed by atoms with Gasteiger partial charge in [0.05, 0.1) is 22.5 Å². The van der Waals surface area contributed by atoms with Crippen molar-refractivity contribution in [2.75, 3.05) is 5.32 Å². The second-order valence-electron chi connectivity index (χ2n) is 3.50. The van der Waals surface area contributed by atoms with Crippen molar-refractivity contribution in [1.29, 1.82) is 0 Å². The van der Waals surface area contributed by atoms with Crippen molar-refractivity contribution in [1.82, 2.24) is 9.97 Å². The van der Waals surface area contributed by atoms with E-state index in [9.17, 15) is 4.79 Å². The van der Waals surface area contributed by atoms with Gasteiger partial charge in [-0.25, -0.2) is 0 Å². The van der Waals surface area contributed by atoms with E-state index in [1.54, 1.807) is 18.5 Å². The number of rotatable bonds is 2. The van der Waals surface area contributed by atoms with Gasteiger partial charge in [0.15, 0.2) is 0 Å². The highest BCUT2D eigenvalue weighted by Crippen LogP contribution is 2.17. The van der Waals surface area contributed by atoms with Crippen LogP contribution in [-0.4, -0.2) is 15.9 Å². The van der Waals surface area contributed by atoms with E-state index in [0.29, 0.717) is 16.3 Å². The Balaban J connectivity index is 2.24. The topological polar surface area (TPSA) is 54.9 Å². The van der Waals surface area contributed by atoms with Gasteiger partial charge in [-0.3, -0.25) is 14.8 Å². The quantitative estimate of drug-likeness (QED) is 0.888. The van der Waals surface area contributed by atoms with Crippen molar-refractivity contribution >= 4 is 23.2 Å². The van der Waals surface area contributed by atoms with Crippen molar-refractivity contribution in [2.45, 2.75) is 6.92 Å². The summed E-state index contributed by atoms with van der Waals surface area (Å²) in [5.74, 6) is -0.292. The smallest absolute Gasteiger partial charge is 0.258 e. The maximum atomic E-state index is 11.9. The number of halogens is 1. The first-order valence-electron chi connectivity index (χ1n) is 5.00. The molecular weight excluding hydrogens is 238 g/mol. The summed E-state index contributed by atoms with van der Waals surface area (Å²) in [6.07, 6.45) is 6.23. The lowest BCUT2D eigenvalue weighted by Crippen LogP contribution is -2.13. The largest absolute Gasteiger partial charge is 0.320 e. The van der Waals surface area contributed by atoms with E-state index in [2.05, 4.69) is 15.3 Å². The molecule has 4 nitrogen and oxygen atoms in total. The molecule has 86 valence electrons. The van der Waals surface area contributed by atoms with Gasteiger partial charge in [-0.15, -0.1) is 0 Å². The predicted molar refractivity (Wildman–Crippen MR) is 66.2 cm³/mol. The summed E-state index contributed by atoms with van der Waals surface area (Å²) < 4.78 is 0. The molecule has 0 aliphatic carbocycles. The fraction of sp³-hybridized carbons (Fsp3) is 0.0833. The first-order chi connectivity index (χ1) is 8.18. The molecule has 0 saturated heterocycles. The molecule has 2 aromatic heterocycles. The molecule has 0 saturated carbocycles. The van der Waals surface area contributed by atoms with Crippen LogP contribution in [-0.2, 0) is 0 Å². The monoisotopic (exact) mass is 247 g/mol. The molecule has 0 spiro atoms. The molecule has 0 bridgehead atoms. The third-order valence-electron chi connectivity index (χ3n) is 2.30. The van der Waals surface area contributed by atoms with Crippen molar-refractivity contribution < 1.29 is 4.79 Å². The molecule has 5 heteroatoms. The van der Waals surface area contributed by atoms with Crippen LogP contribution < -0.4 is 5.32 Å². The van der Waals surface area contributed by atoms with Gasteiger partial charge in [-0.2, -0.15) is 0 Å². The number of amides is 1. The molecule has 0 unspecified atom stereocenters. The summed E-state index contributed by atoms with van der Waals surface area (Å²) in [5.41, 5.74) is 1.95. The average molecular weight is 248 g/mol. The lowest BCUT2D eigenvalue weighted by atomic mass is 10.2. The Morgan fingerprint density at radius 2 is 1.94 bits per heavy atom. The minimum Gasteiger partial charge on any atom is -0.320 e. The second kappa shape index (κ2) is 4.93. The first kappa shape index (κ1) is 11.5. The second-order valence-corrected chi connectivity index (χ2v) is 3.91. The maximum absolute atomic E-state index is 11.9. The van der Waals surface area contributed by atoms with Crippen LogP contribution in [0.5, 0.6) is 0 Å². The molecule has 0 aliphatic heterocycles. The Morgan fingerprint density at radius 1 is 1.24 bits per heavy atom. The van der Waals surface area contributed by atoms with Crippen LogP contribution in [0.3, 0.4) is 0 Å². The van der Waals surface area contributed by atoms with Gasteiger partial charge >= 0.3 is 0 Å². The van der Waals surface area contributed by atoms with Crippen LogP contribution in [0.1, 0.15) is 15.9 Å².